The Bertz CT molecular complexity index is 1070. The summed E-state index contributed by atoms with van der Waals surface area (Å²) in [7, 11) is 0. The molecule has 1 aliphatic rings. The second-order valence-corrected chi connectivity index (χ2v) is 8.79. The number of hydroxylamine groups is 1. The number of carbonyl (C=O) groups is 1. The highest BCUT2D eigenvalue weighted by Crippen LogP contribution is 2.38. The van der Waals surface area contributed by atoms with Gasteiger partial charge in [0, 0.05) is 24.2 Å². The number of likely N-dealkylation sites (tertiary alicyclic amines) is 1. The van der Waals surface area contributed by atoms with Gasteiger partial charge in [0.2, 0.25) is 0 Å². The van der Waals surface area contributed by atoms with Crippen LogP contribution in [0.3, 0.4) is 0 Å². The molecule has 2 aromatic heterocycles. The number of thiophene rings is 1. The van der Waals surface area contributed by atoms with Gasteiger partial charge >= 0.3 is 0 Å². The topological polar surface area (TPSA) is 70.4 Å². The second-order valence-electron chi connectivity index (χ2n) is 7.84. The molecule has 6 nitrogen and oxygen atoms in total. The van der Waals surface area contributed by atoms with Gasteiger partial charge in [-0.25, -0.2) is 10.5 Å². The number of aryl methyl sites for hydroxylation is 1. The molecule has 1 aliphatic heterocycles. The van der Waals surface area contributed by atoms with Crippen molar-refractivity contribution in [2.24, 2.45) is 0 Å². The van der Waals surface area contributed by atoms with E-state index in [0.29, 0.717) is 6.04 Å². The van der Waals surface area contributed by atoms with Crippen molar-refractivity contribution in [1.82, 2.24) is 19.9 Å². The van der Waals surface area contributed by atoms with Gasteiger partial charge in [-0.15, -0.1) is 11.3 Å². The number of hydrogen-bond acceptors (Lipinski definition) is 5. The minimum Gasteiger partial charge on any atom is -0.319 e. The van der Waals surface area contributed by atoms with Gasteiger partial charge in [0.15, 0.2) is 0 Å². The molecule has 2 N–H and O–H groups in total. The summed E-state index contributed by atoms with van der Waals surface area (Å²) >= 11 is 1.75. The van der Waals surface area contributed by atoms with Crippen LogP contribution in [0.5, 0.6) is 0 Å². The minimum absolute atomic E-state index is 0.362. The van der Waals surface area contributed by atoms with Crippen LogP contribution in [-0.2, 0) is 4.79 Å². The van der Waals surface area contributed by atoms with Crippen molar-refractivity contribution in [2.75, 3.05) is 19.6 Å². The van der Waals surface area contributed by atoms with Crippen molar-refractivity contribution in [3.8, 4) is 22.0 Å². The predicted octanol–water partition coefficient (Wildman–Crippen LogP) is 4.76. The first-order chi connectivity index (χ1) is 15.1. The van der Waals surface area contributed by atoms with Crippen LogP contribution in [0.2, 0.25) is 0 Å². The zero-order chi connectivity index (χ0) is 21.8. The molecule has 0 saturated carbocycles. The second kappa shape index (κ2) is 9.60. The van der Waals surface area contributed by atoms with E-state index in [4.69, 9.17) is 10.2 Å². The van der Waals surface area contributed by atoms with E-state index in [-0.39, 0.29) is 0 Å². The number of nitrogens with zero attached hydrogens (tertiary/aromatic N) is 3. The number of aromatic nitrogens is 2. The van der Waals surface area contributed by atoms with Crippen molar-refractivity contribution in [1.29, 1.82) is 0 Å². The Morgan fingerprint density at radius 2 is 2.23 bits per heavy atom. The molecule has 3 heterocycles. The third-order valence-electron chi connectivity index (χ3n) is 5.82. The van der Waals surface area contributed by atoms with Crippen molar-refractivity contribution in [3.05, 3.63) is 59.1 Å². The van der Waals surface area contributed by atoms with Gasteiger partial charge in [0.1, 0.15) is 5.82 Å². The van der Waals surface area contributed by atoms with Crippen LogP contribution in [0.4, 0.5) is 0 Å². The van der Waals surface area contributed by atoms with Crippen LogP contribution in [0, 0.1) is 6.92 Å². The van der Waals surface area contributed by atoms with Gasteiger partial charge < -0.3 is 9.47 Å². The lowest BCUT2D eigenvalue weighted by Gasteiger charge is -2.34. The highest BCUT2D eigenvalue weighted by atomic mass is 32.1. The average Bonchev–Trinajstić information content (AvgIpc) is 3.45. The van der Waals surface area contributed by atoms with Gasteiger partial charge in [0.25, 0.3) is 5.91 Å². The summed E-state index contributed by atoms with van der Waals surface area (Å²) in [4.78, 5) is 20.1. The molecule has 1 fully saturated rings. The molecule has 31 heavy (non-hydrogen) atoms. The summed E-state index contributed by atoms with van der Waals surface area (Å²) in [5.74, 6) is 0.412. The number of hydrogen-bond donors (Lipinski definition) is 2. The lowest BCUT2D eigenvalue weighted by molar-refractivity contribution is -0.124. The number of imidazole rings is 1. The zero-order valence-electron chi connectivity index (χ0n) is 17.9. The van der Waals surface area contributed by atoms with E-state index >= 15 is 0 Å². The van der Waals surface area contributed by atoms with E-state index in [1.807, 2.05) is 18.2 Å². The first-order valence-corrected chi connectivity index (χ1v) is 11.6. The molecular weight excluding hydrogens is 408 g/mol. The molecule has 0 spiro atoms. The number of nitrogens with one attached hydrogen (secondary N) is 1. The molecule has 1 atom stereocenters. The first-order valence-electron chi connectivity index (χ1n) is 10.7. The largest absolute Gasteiger partial charge is 0.319 e. The van der Waals surface area contributed by atoms with Crippen molar-refractivity contribution < 1.29 is 10.0 Å². The number of amides is 1. The molecule has 162 valence electrons. The fourth-order valence-corrected chi connectivity index (χ4v) is 5.15. The maximum atomic E-state index is 11.4. The van der Waals surface area contributed by atoms with E-state index in [0.717, 1.165) is 48.7 Å². The lowest BCUT2D eigenvalue weighted by Crippen LogP contribution is -2.36. The van der Waals surface area contributed by atoms with Crippen LogP contribution in [0.25, 0.3) is 28.0 Å². The van der Waals surface area contributed by atoms with Crippen molar-refractivity contribution in [3.63, 3.8) is 0 Å². The SMILES string of the molecule is CCN1CCCC(n2c(-c3cccc(/C=C/C(=O)NO)c3)nc(C)c2-c2cccs2)C1. The Morgan fingerprint density at radius 1 is 1.35 bits per heavy atom. The highest BCUT2D eigenvalue weighted by Gasteiger charge is 2.27. The Kier molecular flexibility index (Phi) is 6.65. The van der Waals surface area contributed by atoms with Gasteiger partial charge in [0.05, 0.1) is 16.3 Å². The smallest absolute Gasteiger partial charge is 0.267 e. The molecule has 3 aromatic rings. The monoisotopic (exact) mass is 436 g/mol. The maximum absolute atomic E-state index is 11.4. The van der Waals surface area contributed by atoms with E-state index in [1.165, 1.54) is 23.1 Å². The first kappa shape index (κ1) is 21.5. The molecule has 1 saturated heterocycles. The average molecular weight is 437 g/mol. The van der Waals surface area contributed by atoms with Crippen LogP contribution in [0.1, 0.15) is 37.1 Å². The van der Waals surface area contributed by atoms with Gasteiger partial charge in [-0.3, -0.25) is 10.0 Å². The Balaban J connectivity index is 1.81. The maximum Gasteiger partial charge on any atom is 0.267 e. The minimum atomic E-state index is -0.551. The van der Waals surface area contributed by atoms with E-state index in [9.17, 15) is 4.79 Å². The number of benzene rings is 1. The standard InChI is InChI=1S/C24H28N4O2S/c1-3-27-13-5-9-20(16-27)28-23(21-10-6-14-31-21)17(2)25-24(28)19-8-4-7-18(15-19)11-12-22(29)26-30/h4,6-8,10-12,14-15,20,30H,3,5,9,13,16H2,1-2H3,(H,26,29)/b12-11+. The van der Waals surface area contributed by atoms with Gasteiger partial charge in [-0.05, 0) is 62.0 Å². The number of rotatable bonds is 6. The Labute approximate surface area is 186 Å². The van der Waals surface area contributed by atoms with Crippen LogP contribution < -0.4 is 5.48 Å². The van der Waals surface area contributed by atoms with E-state index < -0.39 is 5.91 Å². The molecule has 1 unspecified atom stereocenters. The summed E-state index contributed by atoms with van der Waals surface area (Å²) in [6.07, 6.45) is 5.31. The van der Waals surface area contributed by atoms with Crippen LogP contribution in [-0.4, -0.2) is 45.2 Å². The fraction of sp³-hybridized carbons (Fsp3) is 0.333. The van der Waals surface area contributed by atoms with Gasteiger partial charge in [-0.2, -0.15) is 0 Å². The molecule has 1 amide bonds. The van der Waals surface area contributed by atoms with Crippen LogP contribution in [0.15, 0.2) is 47.9 Å². The molecule has 1 aromatic carbocycles. The summed E-state index contributed by atoms with van der Waals surface area (Å²) in [6, 6.07) is 12.6. The van der Waals surface area contributed by atoms with Crippen molar-refractivity contribution in [2.45, 2.75) is 32.7 Å². The molecule has 7 heteroatoms. The molecule has 0 aliphatic carbocycles. The number of carbonyl (C=O) groups excluding carboxylic acids is 1. The number of piperidine rings is 1. The molecular formula is C24H28N4O2S. The van der Waals surface area contributed by atoms with Gasteiger partial charge in [-0.1, -0.05) is 31.2 Å². The highest BCUT2D eigenvalue weighted by molar-refractivity contribution is 7.13. The fourth-order valence-electron chi connectivity index (χ4n) is 4.34. The predicted molar refractivity (Wildman–Crippen MR) is 125 cm³/mol. The molecule has 4 rings (SSSR count). The van der Waals surface area contributed by atoms with Crippen LogP contribution >= 0.6 is 11.3 Å². The molecule has 0 radical (unpaired) electrons. The van der Waals surface area contributed by atoms with Crippen molar-refractivity contribution >= 4 is 23.3 Å². The van der Waals surface area contributed by atoms with E-state index in [2.05, 4.69) is 46.9 Å². The third kappa shape index (κ3) is 4.63. The summed E-state index contributed by atoms with van der Waals surface area (Å²) in [5, 5.41) is 10.8. The Hall–Kier alpha value is -2.74. The summed E-state index contributed by atoms with van der Waals surface area (Å²) in [6.45, 7) is 7.54. The van der Waals surface area contributed by atoms with E-state index in [1.54, 1.807) is 22.9 Å². The lowest BCUT2D eigenvalue weighted by atomic mass is 10.0. The zero-order valence-corrected chi connectivity index (χ0v) is 18.7. The summed E-state index contributed by atoms with van der Waals surface area (Å²) < 4.78 is 2.44. The Morgan fingerprint density at radius 3 is 2.97 bits per heavy atom. The quantitative estimate of drug-likeness (QED) is 0.332. The molecule has 0 bridgehead atoms. The normalized spacial score (nSPS) is 17.3. The number of likely N-dealkylation sites (N-methyl/N-ethyl adjacent to an activating group) is 1. The third-order valence-corrected chi connectivity index (χ3v) is 6.69. The summed E-state index contributed by atoms with van der Waals surface area (Å²) in [5.41, 5.74) is 5.76.